The Morgan fingerprint density at radius 3 is 2.45 bits per heavy atom. The first-order valence-electron chi connectivity index (χ1n) is 6.56. The van der Waals surface area contributed by atoms with Gasteiger partial charge < -0.3 is 14.8 Å². The minimum Gasteiger partial charge on any atom is -0.497 e. The fourth-order valence-electron chi connectivity index (χ4n) is 2.44. The van der Waals surface area contributed by atoms with Crippen LogP contribution in [0.4, 0.5) is 0 Å². The predicted molar refractivity (Wildman–Crippen MR) is 85.2 cm³/mol. The molecule has 1 aliphatic rings. The van der Waals surface area contributed by atoms with E-state index in [0.717, 1.165) is 5.56 Å². The van der Waals surface area contributed by atoms with Crippen LogP contribution in [0.5, 0.6) is 5.75 Å². The van der Waals surface area contributed by atoms with Gasteiger partial charge in [-0.2, -0.15) is 5.26 Å². The topological polar surface area (TPSA) is 71.3 Å². The van der Waals surface area contributed by atoms with Crippen LogP contribution in [0.1, 0.15) is 18.4 Å². The molecule has 1 aromatic rings. The van der Waals surface area contributed by atoms with E-state index in [1.54, 1.807) is 26.2 Å². The van der Waals surface area contributed by atoms with Gasteiger partial charge in [0.2, 0.25) is 0 Å². The highest BCUT2D eigenvalue weighted by molar-refractivity contribution is 7.84. The van der Waals surface area contributed by atoms with Crippen LogP contribution < -0.4 is 10.1 Å². The van der Waals surface area contributed by atoms with Crippen molar-refractivity contribution in [2.45, 2.75) is 12.8 Å². The number of rotatable bonds is 3. The summed E-state index contributed by atoms with van der Waals surface area (Å²) in [5.74, 6) is -0.289. The van der Waals surface area contributed by atoms with Crippen molar-refractivity contribution in [3.8, 4) is 11.8 Å². The number of carbonyl (C=O) groups is 1. The number of hydrogen-bond acceptors (Lipinski definition) is 6. The number of dihydropyridines is 1. The number of thiol groups is 1. The third kappa shape index (κ3) is 2.81. The molecule has 0 amide bonds. The summed E-state index contributed by atoms with van der Waals surface area (Å²) >= 11 is 4.32. The van der Waals surface area contributed by atoms with E-state index in [-0.39, 0.29) is 0 Å². The minimum atomic E-state index is -0.517. The van der Waals surface area contributed by atoms with Crippen LogP contribution >= 0.6 is 12.6 Å². The summed E-state index contributed by atoms with van der Waals surface area (Å²) in [7, 11) is 2.90. The molecule has 0 fully saturated rings. The summed E-state index contributed by atoms with van der Waals surface area (Å²) < 4.78 is 10.0. The molecule has 0 spiro atoms. The van der Waals surface area contributed by atoms with Gasteiger partial charge in [0.15, 0.2) is 0 Å². The number of allylic oxidation sites excluding steroid dienone is 2. The van der Waals surface area contributed by atoms with Crippen molar-refractivity contribution in [1.82, 2.24) is 5.32 Å². The molecular weight excluding hydrogens is 300 g/mol. The van der Waals surface area contributed by atoms with E-state index in [1.807, 2.05) is 12.1 Å². The van der Waals surface area contributed by atoms with Crippen molar-refractivity contribution < 1.29 is 14.3 Å². The molecule has 22 heavy (non-hydrogen) atoms. The maximum atomic E-state index is 12.2. The molecule has 1 aliphatic heterocycles. The van der Waals surface area contributed by atoms with E-state index in [0.29, 0.717) is 27.6 Å². The standard InChI is InChI=1S/C16H16N2O3S/c1-9-13(16(19)21-3)14(12(8-17)15(22)18-9)10-4-6-11(20-2)7-5-10/h4-7,14,18,22H,1-3H3. The first-order valence-corrected chi connectivity index (χ1v) is 7.01. The highest BCUT2D eigenvalue weighted by atomic mass is 32.1. The Labute approximate surface area is 134 Å². The Balaban J connectivity index is 2.59. The highest BCUT2D eigenvalue weighted by Crippen LogP contribution is 2.39. The van der Waals surface area contributed by atoms with Gasteiger partial charge in [-0.05, 0) is 24.6 Å². The zero-order chi connectivity index (χ0) is 16.3. The maximum absolute atomic E-state index is 12.2. The Hall–Kier alpha value is -2.39. The molecule has 0 radical (unpaired) electrons. The van der Waals surface area contributed by atoms with Crippen LogP contribution in [0.15, 0.2) is 46.1 Å². The lowest BCUT2D eigenvalue weighted by molar-refractivity contribution is -0.136. The Kier molecular flexibility index (Phi) is 4.78. The number of esters is 1. The molecule has 1 unspecified atom stereocenters. The van der Waals surface area contributed by atoms with E-state index in [9.17, 15) is 10.1 Å². The number of ether oxygens (including phenoxy) is 2. The Morgan fingerprint density at radius 2 is 1.95 bits per heavy atom. The van der Waals surface area contributed by atoms with Crippen molar-refractivity contribution in [3.63, 3.8) is 0 Å². The van der Waals surface area contributed by atoms with Gasteiger partial charge in [0.1, 0.15) is 5.75 Å². The molecule has 1 N–H and O–H groups in total. The second-order valence-electron chi connectivity index (χ2n) is 4.74. The number of hydrogen-bond donors (Lipinski definition) is 2. The van der Waals surface area contributed by atoms with Crippen LogP contribution in [0.2, 0.25) is 0 Å². The first-order chi connectivity index (χ1) is 10.5. The number of methoxy groups -OCH3 is 2. The van der Waals surface area contributed by atoms with Crippen LogP contribution in [-0.2, 0) is 9.53 Å². The van der Waals surface area contributed by atoms with Gasteiger partial charge in [0, 0.05) is 5.70 Å². The van der Waals surface area contributed by atoms with Crippen molar-refractivity contribution in [2.24, 2.45) is 0 Å². The molecule has 0 aliphatic carbocycles. The van der Waals surface area contributed by atoms with E-state index < -0.39 is 11.9 Å². The van der Waals surface area contributed by atoms with Crippen molar-refractivity contribution in [3.05, 3.63) is 51.7 Å². The largest absolute Gasteiger partial charge is 0.497 e. The van der Waals surface area contributed by atoms with Gasteiger partial charge in [-0.15, -0.1) is 12.6 Å². The lowest BCUT2D eigenvalue weighted by atomic mass is 9.82. The third-order valence-electron chi connectivity index (χ3n) is 3.52. The maximum Gasteiger partial charge on any atom is 0.336 e. The lowest BCUT2D eigenvalue weighted by Crippen LogP contribution is -2.27. The zero-order valence-electron chi connectivity index (χ0n) is 12.5. The van der Waals surface area contributed by atoms with Gasteiger partial charge in [0.05, 0.1) is 42.4 Å². The van der Waals surface area contributed by atoms with E-state index >= 15 is 0 Å². The summed E-state index contributed by atoms with van der Waals surface area (Å²) in [6, 6.07) is 9.35. The summed E-state index contributed by atoms with van der Waals surface area (Å²) in [5, 5.41) is 12.8. The van der Waals surface area contributed by atoms with E-state index in [2.05, 4.69) is 24.0 Å². The Bertz CT molecular complexity index is 699. The summed E-state index contributed by atoms with van der Waals surface area (Å²) in [4.78, 5) is 12.2. The average molecular weight is 316 g/mol. The molecule has 0 saturated heterocycles. The molecule has 114 valence electrons. The highest BCUT2D eigenvalue weighted by Gasteiger charge is 2.34. The minimum absolute atomic E-state index is 0.375. The van der Waals surface area contributed by atoms with Crippen LogP contribution in [0.3, 0.4) is 0 Å². The van der Waals surface area contributed by atoms with E-state index in [1.165, 1.54) is 7.11 Å². The van der Waals surface area contributed by atoms with Crippen LogP contribution in [-0.4, -0.2) is 20.2 Å². The number of carbonyl (C=O) groups excluding carboxylic acids is 1. The predicted octanol–water partition coefficient (Wildman–Crippen LogP) is 2.49. The third-order valence-corrected chi connectivity index (χ3v) is 3.87. The molecule has 1 heterocycles. The quantitative estimate of drug-likeness (QED) is 0.662. The molecule has 1 atom stereocenters. The monoisotopic (exact) mass is 316 g/mol. The van der Waals surface area contributed by atoms with Gasteiger partial charge in [-0.1, -0.05) is 12.1 Å². The Morgan fingerprint density at radius 1 is 1.32 bits per heavy atom. The van der Waals surface area contributed by atoms with Gasteiger partial charge >= 0.3 is 5.97 Å². The smallest absolute Gasteiger partial charge is 0.336 e. The molecule has 5 nitrogen and oxygen atoms in total. The average Bonchev–Trinajstić information content (AvgIpc) is 2.53. The molecule has 2 rings (SSSR count). The number of nitrogens with zero attached hydrogens (tertiary/aromatic N) is 1. The summed E-state index contributed by atoms with van der Waals surface area (Å²) in [6.45, 7) is 1.76. The summed E-state index contributed by atoms with van der Waals surface area (Å²) in [6.07, 6.45) is 0. The zero-order valence-corrected chi connectivity index (χ0v) is 13.4. The molecule has 6 heteroatoms. The van der Waals surface area contributed by atoms with Crippen LogP contribution in [0.25, 0.3) is 0 Å². The first kappa shape index (κ1) is 16.0. The van der Waals surface area contributed by atoms with Gasteiger partial charge in [-0.25, -0.2) is 4.79 Å². The fraction of sp³-hybridized carbons (Fsp3) is 0.250. The molecule has 0 bridgehead atoms. The fourth-order valence-corrected chi connectivity index (χ4v) is 2.78. The molecule has 1 aromatic carbocycles. The second-order valence-corrected chi connectivity index (χ2v) is 5.18. The van der Waals surface area contributed by atoms with E-state index in [4.69, 9.17) is 9.47 Å². The summed E-state index contributed by atoms with van der Waals surface area (Å²) in [5.41, 5.74) is 2.20. The molecular formula is C16H16N2O3S. The normalized spacial score (nSPS) is 17.7. The van der Waals surface area contributed by atoms with Gasteiger partial charge in [0.25, 0.3) is 0 Å². The lowest BCUT2D eigenvalue weighted by Gasteiger charge is -2.27. The number of nitrogens with one attached hydrogen (secondary N) is 1. The van der Waals surface area contributed by atoms with Crippen LogP contribution in [0, 0.1) is 11.3 Å². The second kappa shape index (κ2) is 6.58. The molecule has 0 aromatic heterocycles. The molecule has 0 saturated carbocycles. The number of benzene rings is 1. The van der Waals surface area contributed by atoms with Crippen molar-refractivity contribution in [1.29, 1.82) is 5.26 Å². The van der Waals surface area contributed by atoms with Crippen molar-refractivity contribution in [2.75, 3.05) is 14.2 Å². The van der Waals surface area contributed by atoms with Gasteiger partial charge in [-0.3, -0.25) is 0 Å². The SMILES string of the molecule is COC(=O)C1=C(C)NC(S)=C(C#N)C1c1ccc(OC)cc1. The van der Waals surface area contributed by atoms with Crippen molar-refractivity contribution >= 4 is 18.6 Å². The number of nitriles is 1.